The van der Waals surface area contributed by atoms with Crippen molar-refractivity contribution in [3.05, 3.63) is 40.6 Å². The van der Waals surface area contributed by atoms with Crippen LogP contribution in [-0.4, -0.2) is 42.7 Å². The summed E-state index contributed by atoms with van der Waals surface area (Å²) >= 11 is 13.1. The Morgan fingerprint density at radius 3 is 2.78 bits per heavy atom. The van der Waals surface area contributed by atoms with Crippen molar-refractivity contribution in [3.63, 3.8) is 0 Å². The molecule has 6 nitrogen and oxygen atoms in total. The van der Waals surface area contributed by atoms with E-state index in [1.807, 2.05) is 0 Å². The minimum Gasteiger partial charge on any atom is -0.360 e. The molecular weight excluding hydrogens is 409 g/mol. The van der Waals surface area contributed by atoms with E-state index in [9.17, 15) is 14.4 Å². The Hall–Kier alpha value is -1.83. The van der Waals surface area contributed by atoms with Crippen molar-refractivity contribution < 1.29 is 14.4 Å². The number of Topliss-reactive ketones (excluding diaryl/α,β-unsaturated/α-hetero) is 1. The summed E-state index contributed by atoms with van der Waals surface area (Å²) in [4.78, 5) is 46.2. The van der Waals surface area contributed by atoms with Crippen LogP contribution in [0, 0.1) is 0 Å². The number of aromatic nitrogens is 2. The Bertz CT molecular complexity index is 987. The molecule has 140 valence electrons. The van der Waals surface area contributed by atoms with Gasteiger partial charge in [0.05, 0.1) is 22.5 Å². The van der Waals surface area contributed by atoms with Gasteiger partial charge in [0.2, 0.25) is 0 Å². The minimum absolute atomic E-state index is 0.301. The van der Waals surface area contributed by atoms with E-state index in [4.69, 9.17) is 23.2 Å². The molecular formula is C18H15Cl2N3O3S. The molecule has 0 aromatic carbocycles. The topological polar surface area (TPSA) is 83.1 Å². The molecule has 1 saturated heterocycles. The molecule has 1 saturated carbocycles. The van der Waals surface area contributed by atoms with Crippen LogP contribution in [0.3, 0.4) is 0 Å². The molecule has 4 rings (SSSR count). The van der Waals surface area contributed by atoms with E-state index in [1.54, 1.807) is 18.3 Å². The van der Waals surface area contributed by atoms with Crippen LogP contribution < -0.4 is 0 Å². The van der Waals surface area contributed by atoms with Gasteiger partial charge in [-0.25, -0.2) is 0 Å². The molecule has 0 spiro atoms. The van der Waals surface area contributed by atoms with Gasteiger partial charge < -0.3 is 4.98 Å². The highest BCUT2D eigenvalue weighted by Crippen LogP contribution is 2.44. The van der Waals surface area contributed by atoms with Gasteiger partial charge >= 0.3 is 0 Å². The zero-order valence-electron chi connectivity index (χ0n) is 14.1. The highest BCUT2D eigenvalue weighted by molar-refractivity contribution is 8.18. The second-order valence-corrected chi connectivity index (χ2v) is 9.21. The fraction of sp³-hybridized carbons (Fsp3) is 0.333. The highest BCUT2D eigenvalue weighted by Gasteiger charge is 2.40. The van der Waals surface area contributed by atoms with Gasteiger partial charge in [-0.3, -0.25) is 24.3 Å². The lowest BCUT2D eigenvalue weighted by molar-refractivity contribution is -0.122. The molecule has 1 aliphatic heterocycles. The fourth-order valence-electron chi connectivity index (χ4n) is 3.22. The zero-order chi connectivity index (χ0) is 19.2. The maximum atomic E-state index is 12.7. The summed E-state index contributed by atoms with van der Waals surface area (Å²) in [5.74, 6) is -0.754. The van der Waals surface area contributed by atoms with Crippen molar-refractivity contribution in [2.75, 3.05) is 6.54 Å². The van der Waals surface area contributed by atoms with Crippen LogP contribution in [0.5, 0.6) is 0 Å². The Balaban J connectivity index is 1.51. The number of ketones is 1. The summed E-state index contributed by atoms with van der Waals surface area (Å²) in [6.45, 7) is -0.301. The number of hydrogen-bond acceptors (Lipinski definition) is 5. The van der Waals surface area contributed by atoms with Gasteiger partial charge in [-0.05, 0) is 49.6 Å². The highest BCUT2D eigenvalue weighted by atomic mass is 35.5. The number of imide groups is 1. The smallest absolute Gasteiger partial charge is 0.293 e. The van der Waals surface area contributed by atoms with E-state index < -0.39 is 15.5 Å². The van der Waals surface area contributed by atoms with E-state index in [0.717, 1.165) is 33.3 Å². The molecule has 2 aromatic rings. The van der Waals surface area contributed by atoms with Crippen LogP contribution in [0.15, 0.2) is 35.0 Å². The number of H-pyrrole nitrogens is 1. The van der Waals surface area contributed by atoms with E-state index in [2.05, 4.69) is 9.97 Å². The van der Waals surface area contributed by atoms with Crippen LogP contribution >= 0.6 is 35.0 Å². The lowest BCUT2D eigenvalue weighted by atomic mass is 9.93. The summed E-state index contributed by atoms with van der Waals surface area (Å²) < 4.78 is -0.778. The maximum absolute atomic E-state index is 12.7. The van der Waals surface area contributed by atoms with E-state index >= 15 is 0 Å². The number of thioether (sulfide) groups is 1. The first kappa shape index (κ1) is 18.5. The summed E-state index contributed by atoms with van der Waals surface area (Å²) in [6, 6.07) is 3.47. The lowest BCUT2D eigenvalue weighted by Crippen LogP contribution is -2.34. The Morgan fingerprint density at radius 2 is 2.04 bits per heavy atom. The van der Waals surface area contributed by atoms with Gasteiger partial charge in [-0.2, -0.15) is 0 Å². The fourth-order valence-corrected chi connectivity index (χ4v) is 4.57. The summed E-state index contributed by atoms with van der Waals surface area (Å²) in [7, 11) is 0. The molecule has 2 fully saturated rings. The number of carbonyl (C=O) groups is 3. The number of allylic oxidation sites excluding steroid dienone is 1. The quantitative estimate of drug-likeness (QED) is 0.448. The number of nitrogens with zero attached hydrogens (tertiary/aromatic N) is 2. The predicted octanol–water partition coefficient (Wildman–Crippen LogP) is 4.44. The molecule has 0 radical (unpaired) electrons. The molecule has 1 aliphatic carbocycles. The average Bonchev–Trinajstić information content (AvgIpc) is 3.21. The second kappa shape index (κ2) is 6.96. The predicted molar refractivity (Wildman–Crippen MR) is 105 cm³/mol. The number of nitrogens with one attached hydrogen (secondary N) is 1. The molecule has 1 N–H and O–H groups in total. The molecule has 0 bridgehead atoms. The molecule has 2 aliphatic rings. The zero-order valence-corrected chi connectivity index (χ0v) is 16.5. The van der Waals surface area contributed by atoms with Gasteiger partial charge in [0.15, 0.2) is 5.78 Å². The van der Waals surface area contributed by atoms with Crippen LogP contribution in [0.1, 0.15) is 36.0 Å². The number of aromatic amines is 1. The molecule has 3 heterocycles. The van der Waals surface area contributed by atoms with Crippen molar-refractivity contribution in [2.24, 2.45) is 0 Å². The van der Waals surface area contributed by atoms with Gasteiger partial charge in [-0.1, -0.05) is 5.57 Å². The number of fused-ring (bicyclic) bond motifs is 1. The first-order valence-corrected chi connectivity index (χ1v) is 10.0. The first-order chi connectivity index (χ1) is 12.8. The molecule has 27 heavy (non-hydrogen) atoms. The van der Waals surface area contributed by atoms with Crippen molar-refractivity contribution in [3.8, 4) is 0 Å². The normalized spacial score (nSPS) is 20.0. The number of hydrogen-bond donors (Lipinski definition) is 1. The SMILES string of the molecule is O=C(CN1C(=O)SC(=C2CCC(Cl)(Cl)CC2)C1=O)c1cnc2cc[nH]c2c1. The number of amides is 2. The number of pyridine rings is 1. The third-order valence-electron chi connectivity index (χ3n) is 4.78. The van der Waals surface area contributed by atoms with E-state index in [0.29, 0.717) is 36.2 Å². The minimum atomic E-state index is -0.778. The third-order valence-corrected chi connectivity index (χ3v) is 6.60. The number of rotatable bonds is 3. The van der Waals surface area contributed by atoms with E-state index in [-0.39, 0.29) is 12.3 Å². The van der Waals surface area contributed by atoms with Crippen LogP contribution in [0.25, 0.3) is 11.0 Å². The van der Waals surface area contributed by atoms with Gasteiger partial charge in [0.1, 0.15) is 4.33 Å². The van der Waals surface area contributed by atoms with Gasteiger partial charge in [0, 0.05) is 18.0 Å². The molecule has 2 amide bonds. The number of carbonyl (C=O) groups excluding carboxylic acids is 3. The average molecular weight is 424 g/mol. The maximum Gasteiger partial charge on any atom is 0.293 e. The number of halogens is 2. The molecule has 2 aromatic heterocycles. The van der Waals surface area contributed by atoms with Gasteiger partial charge in [0.25, 0.3) is 11.1 Å². The number of alkyl halides is 2. The molecule has 9 heteroatoms. The Morgan fingerprint density at radius 1 is 1.30 bits per heavy atom. The van der Waals surface area contributed by atoms with Gasteiger partial charge in [-0.15, -0.1) is 23.2 Å². The van der Waals surface area contributed by atoms with Crippen molar-refractivity contribution >= 4 is 62.9 Å². The standard InChI is InChI=1S/C18H15Cl2N3O3S/c19-18(20)4-1-10(2-5-18)15-16(25)23(17(26)27-15)9-14(24)11-7-13-12(22-8-11)3-6-21-13/h3,6-8,21H,1-2,4-5,9H2. The lowest BCUT2D eigenvalue weighted by Gasteiger charge is -2.26. The first-order valence-electron chi connectivity index (χ1n) is 8.44. The Labute approximate surface area is 169 Å². The summed E-state index contributed by atoms with van der Waals surface area (Å²) in [6.07, 6.45) is 5.41. The van der Waals surface area contributed by atoms with Crippen LogP contribution in [-0.2, 0) is 4.79 Å². The summed E-state index contributed by atoms with van der Waals surface area (Å²) in [5.41, 5.74) is 2.71. The van der Waals surface area contributed by atoms with Crippen molar-refractivity contribution in [1.29, 1.82) is 0 Å². The molecule has 0 atom stereocenters. The third kappa shape index (κ3) is 3.63. The summed E-state index contributed by atoms with van der Waals surface area (Å²) in [5, 5.41) is -0.432. The Kier molecular flexibility index (Phi) is 4.78. The molecule has 0 unspecified atom stereocenters. The largest absolute Gasteiger partial charge is 0.360 e. The second-order valence-electron chi connectivity index (χ2n) is 6.61. The monoisotopic (exact) mass is 423 g/mol. The van der Waals surface area contributed by atoms with E-state index in [1.165, 1.54) is 6.20 Å². The van der Waals surface area contributed by atoms with Crippen LogP contribution in [0.4, 0.5) is 4.79 Å². The van der Waals surface area contributed by atoms with Crippen molar-refractivity contribution in [1.82, 2.24) is 14.9 Å². The van der Waals surface area contributed by atoms with Crippen molar-refractivity contribution in [2.45, 2.75) is 30.0 Å². The van der Waals surface area contributed by atoms with Crippen LogP contribution in [0.2, 0.25) is 0 Å².